The van der Waals surface area contributed by atoms with E-state index in [1.807, 2.05) is 0 Å². The number of oxazole rings is 1. The van der Waals surface area contributed by atoms with Gasteiger partial charge in [0.2, 0.25) is 0 Å². The lowest BCUT2D eigenvalue weighted by atomic mass is 9.85. The SMILES string of the molecule is CC1(C)Oc2ccc(C#N)cc2[C@H](N(CC(=O)O)c2nc3ccccc3o2)[C@H]1O. The third kappa shape index (κ3) is 3.26. The van der Waals surface area contributed by atoms with E-state index in [1.165, 1.54) is 4.90 Å². The van der Waals surface area contributed by atoms with Crippen LogP contribution in [0.25, 0.3) is 11.1 Å². The third-order valence-electron chi connectivity index (χ3n) is 5.01. The van der Waals surface area contributed by atoms with Gasteiger partial charge in [-0.1, -0.05) is 12.1 Å². The monoisotopic (exact) mass is 393 g/mol. The van der Waals surface area contributed by atoms with E-state index in [0.717, 1.165) is 0 Å². The number of ether oxygens (including phenoxy) is 1. The minimum atomic E-state index is -1.11. The maximum atomic E-state index is 11.7. The summed E-state index contributed by atoms with van der Waals surface area (Å²) < 4.78 is 11.7. The van der Waals surface area contributed by atoms with Crippen molar-refractivity contribution in [2.24, 2.45) is 0 Å². The second-order valence-corrected chi connectivity index (χ2v) is 7.45. The maximum Gasteiger partial charge on any atom is 0.323 e. The summed E-state index contributed by atoms with van der Waals surface area (Å²) in [5.74, 6) is -0.641. The molecule has 0 radical (unpaired) electrons. The number of benzene rings is 2. The molecule has 3 aromatic rings. The number of anilines is 1. The average Bonchev–Trinajstić information content (AvgIpc) is 3.11. The molecule has 0 saturated carbocycles. The predicted molar refractivity (Wildman–Crippen MR) is 104 cm³/mol. The summed E-state index contributed by atoms with van der Waals surface area (Å²) in [5, 5.41) is 30.0. The Labute approximate surface area is 166 Å². The summed E-state index contributed by atoms with van der Waals surface area (Å²) in [4.78, 5) is 17.5. The molecule has 0 amide bonds. The Morgan fingerprint density at radius 3 is 2.76 bits per heavy atom. The quantitative estimate of drug-likeness (QED) is 0.694. The molecule has 2 aromatic carbocycles. The summed E-state index contributed by atoms with van der Waals surface area (Å²) in [5.41, 5.74) is 0.945. The van der Waals surface area contributed by atoms with Gasteiger partial charge in [-0.2, -0.15) is 10.2 Å². The number of hydrogen-bond acceptors (Lipinski definition) is 7. The Balaban J connectivity index is 1.91. The highest BCUT2D eigenvalue weighted by Gasteiger charge is 2.47. The fourth-order valence-corrected chi connectivity index (χ4v) is 3.59. The van der Waals surface area contributed by atoms with E-state index in [1.54, 1.807) is 56.3 Å². The van der Waals surface area contributed by atoms with Crippen molar-refractivity contribution in [1.29, 1.82) is 5.26 Å². The fraction of sp³-hybridized carbons (Fsp3) is 0.286. The standard InChI is InChI=1S/C21H19N3O5/c1-21(2)19(27)18(13-9-12(10-22)7-8-15(13)29-21)24(11-17(25)26)20-23-14-5-3-4-6-16(14)28-20/h3-9,18-19,27H,11H2,1-2H3,(H,25,26)/t18-,19+/m0/s1. The molecule has 0 unspecified atom stereocenters. The molecule has 0 aliphatic carbocycles. The van der Waals surface area contributed by atoms with E-state index in [2.05, 4.69) is 11.1 Å². The molecule has 8 nitrogen and oxygen atoms in total. The Morgan fingerprint density at radius 1 is 1.31 bits per heavy atom. The van der Waals surface area contributed by atoms with E-state index in [9.17, 15) is 20.3 Å². The van der Waals surface area contributed by atoms with E-state index >= 15 is 0 Å². The lowest BCUT2D eigenvalue weighted by Gasteiger charge is -2.45. The number of rotatable bonds is 4. The van der Waals surface area contributed by atoms with Gasteiger partial charge in [0.1, 0.15) is 29.5 Å². The first-order valence-corrected chi connectivity index (χ1v) is 9.05. The second-order valence-electron chi connectivity index (χ2n) is 7.45. The number of carboxylic acids is 1. The summed E-state index contributed by atoms with van der Waals surface area (Å²) in [6.45, 7) is 2.98. The van der Waals surface area contributed by atoms with Crippen LogP contribution >= 0.6 is 0 Å². The van der Waals surface area contributed by atoms with E-state index in [4.69, 9.17) is 9.15 Å². The summed E-state index contributed by atoms with van der Waals surface area (Å²) in [7, 11) is 0. The first-order valence-electron chi connectivity index (χ1n) is 9.05. The van der Waals surface area contributed by atoms with Crippen LogP contribution < -0.4 is 9.64 Å². The van der Waals surface area contributed by atoms with Gasteiger partial charge in [-0.05, 0) is 44.2 Å². The van der Waals surface area contributed by atoms with Gasteiger partial charge in [-0.25, -0.2) is 0 Å². The predicted octanol–water partition coefficient (Wildman–Crippen LogP) is 2.86. The van der Waals surface area contributed by atoms with Crippen molar-refractivity contribution in [2.75, 3.05) is 11.4 Å². The average molecular weight is 393 g/mol. The molecule has 0 spiro atoms. The molecular weight excluding hydrogens is 374 g/mol. The Kier molecular flexibility index (Phi) is 4.40. The number of aliphatic hydroxyl groups excluding tert-OH is 1. The number of hydrogen-bond donors (Lipinski definition) is 2. The zero-order valence-electron chi connectivity index (χ0n) is 15.9. The van der Waals surface area contributed by atoms with Crippen LogP contribution in [0.1, 0.15) is 31.0 Å². The molecule has 0 saturated heterocycles. The highest BCUT2D eigenvalue weighted by molar-refractivity contribution is 5.77. The van der Waals surface area contributed by atoms with Crippen molar-refractivity contribution in [3.05, 3.63) is 53.6 Å². The molecule has 148 valence electrons. The van der Waals surface area contributed by atoms with Crippen LogP contribution in [0.2, 0.25) is 0 Å². The van der Waals surface area contributed by atoms with Crippen LogP contribution in [-0.4, -0.2) is 39.4 Å². The molecule has 1 aromatic heterocycles. The number of aliphatic hydroxyl groups is 1. The number of aromatic nitrogens is 1. The van der Waals surface area contributed by atoms with Gasteiger partial charge in [-0.15, -0.1) is 0 Å². The molecular formula is C21H19N3O5. The Morgan fingerprint density at radius 2 is 2.07 bits per heavy atom. The van der Waals surface area contributed by atoms with Crippen LogP contribution in [0.15, 0.2) is 46.9 Å². The number of nitriles is 1. The minimum absolute atomic E-state index is 0.0728. The highest BCUT2D eigenvalue weighted by atomic mass is 16.5. The molecule has 2 heterocycles. The third-order valence-corrected chi connectivity index (χ3v) is 5.01. The van der Waals surface area contributed by atoms with Gasteiger partial charge < -0.3 is 24.3 Å². The maximum absolute atomic E-state index is 11.7. The molecule has 1 aliphatic rings. The van der Waals surface area contributed by atoms with E-state index < -0.39 is 30.3 Å². The molecule has 2 atom stereocenters. The van der Waals surface area contributed by atoms with Crippen molar-refractivity contribution in [3.8, 4) is 11.8 Å². The van der Waals surface area contributed by atoms with Crippen molar-refractivity contribution in [3.63, 3.8) is 0 Å². The largest absolute Gasteiger partial charge is 0.485 e. The van der Waals surface area contributed by atoms with E-state index in [-0.39, 0.29) is 6.01 Å². The zero-order valence-corrected chi connectivity index (χ0v) is 15.9. The molecule has 2 N–H and O–H groups in total. The first kappa shape index (κ1) is 18.8. The molecule has 29 heavy (non-hydrogen) atoms. The Bertz CT molecular complexity index is 1100. The van der Waals surface area contributed by atoms with Gasteiger partial charge in [-0.3, -0.25) is 4.79 Å². The van der Waals surface area contributed by atoms with Crippen molar-refractivity contribution >= 4 is 23.1 Å². The molecule has 1 aliphatic heterocycles. The van der Waals surface area contributed by atoms with Crippen LogP contribution in [0.5, 0.6) is 5.75 Å². The summed E-state index contributed by atoms with van der Waals surface area (Å²) in [6.07, 6.45) is -1.11. The number of fused-ring (bicyclic) bond motifs is 2. The number of carbonyl (C=O) groups is 1. The number of nitrogens with zero attached hydrogens (tertiary/aromatic N) is 3. The van der Waals surface area contributed by atoms with Crippen molar-refractivity contribution in [2.45, 2.75) is 31.6 Å². The van der Waals surface area contributed by atoms with Gasteiger partial charge >= 0.3 is 5.97 Å². The summed E-state index contributed by atoms with van der Waals surface area (Å²) in [6, 6.07) is 13.2. The van der Waals surface area contributed by atoms with E-state index in [0.29, 0.717) is 28.0 Å². The smallest absolute Gasteiger partial charge is 0.323 e. The molecule has 0 bridgehead atoms. The lowest BCUT2D eigenvalue weighted by Crippen LogP contribution is -2.54. The van der Waals surface area contributed by atoms with Crippen molar-refractivity contribution < 1.29 is 24.2 Å². The van der Waals surface area contributed by atoms with Crippen molar-refractivity contribution in [1.82, 2.24) is 4.98 Å². The highest BCUT2D eigenvalue weighted by Crippen LogP contribution is 2.44. The van der Waals surface area contributed by atoms with Gasteiger partial charge in [0.15, 0.2) is 5.58 Å². The second kappa shape index (κ2) is 6.79. The van der Waals surface area contributed by atoms with Gasteiger partial charge in [0, 0.05) is 5.56 Å². The number of para-hydroxylation sites is 2. The van der Waals surface area contributed by atoms with Crippen LogP contribution in [0.3, 0.4) is 0 Å². The van der Waals surface area contributed by atoms with Gasteiger partial charge in [0.25, 0.3) is 6.01 Å². The number of aliphatic carboxylic acids is 1. The zero-order chi connectivity index (χ0) is 20.8. The first-order chi connectivity index (χ1) is 13.8. The van der Waals surface area contributed by atoms with Gasteiger partial charge in [0.05, 0.1) is 17.7 Å². The Hall–Kier alpha value is -3.57. The summed E-state index contributed by atoms with van der Waals surface area (Å²) >= 11 is 0. The molecule has 0 fully saturated rings. The van der Waals surface area contributed by atoms with Crippen LogP contribution in [0, 0.1) is 11.3 Å². The lowest BCUT2D eigenvalue weighted by molar-refractivity contribution is -0.136. The van der Waals surface area contributed by atoms with Crippen LogP contribution in [-0.2, 0) is 4.79 Å². The fourth-order valence-electron chi connectivity index (χ4n) is 3.59. The molecule has 4 rings (SSSR count). The molecule has 8 heteroatoms. The normalized spacial score (nSPS) is 19.8. The topological polar surface area (TPSA) is 120 Å². The van der Waals surface area contributed by atoms with Crippen LogP contribution in [0.4, 0.5) is 6.01 Å². The number of carboxylic acid groups (broad SMARTS) is 1. The minimum Gasteiger partial charge on any atom is -0.485 e.